The Morgan fingerprint density at radius 2 is 1.50 bits per heavy atom. The predicted molar refractivity (Wildman–Crippen MR) is 97.4 cm³/mol. The van der Waals surface area contributed by atoms with Gasteiger partial charge in [0.15, 0.2) is 0 Å². The molecule has 1 N–H and O–H groups in total. The monoisotopic (exact) mass is 380 g/mol. The molecular weight excluding hydrogens is 346 g/mol. The van der Waals surface area contributed by atoms with Crippen LogP contribution in [0.2, 0.25) is 0 Å². The highest BCUT2D eigenvalue weighted by Crippen LogP contribution is 2.59. The Morgan fingerprint density at radius 1 is 0.958 bits per heavy atom. The lowest BCUT2D eigenvalue weighted by atomic mass is 10.1. The molecule has 3 atom stereocenters. The molecule has 0 fully saturated rings. The van der Waals surface area contributed by atoms with E-state index in [2.05, 4.69) is 6.58 Å². The molecular formula is C17H34O5P2-2. The van der Waals surface area contributed by atoms with Gasteiger partial charge in [-0.05, 0) is 31.8 Å². The van der Waals surface area contributed by atoms with Gasteiger partial charge in [0.05, 0.1) is 5.40 Å². The van der Waals surface area contributed by atoms with Gasteiger partial charge in [0.1, 0.15) is 7.60 Å². The van der Waals surface area contributed by atoms with Crippen molar-refractivity contribution in [2.45, 2.75) is 89.4 Å². The Bertz CT molecular complexity index is 419. The summed E-state index contributed by atoms with van der Waals surface area (Å²) in [5.41, 5.74) is 0. The molecule has 0 heterocycles. The van der Waals surface area contributed by atoms with Gasteiger partial charge in [-0.3, -0.25) is 0 Å². The van der Waals surface area contributed by atoms with Crippen molar-refractivity contribution < 1.29 is 23.8 Å². The van der Waals surface area contributed by atoms with Crippen LogP contribution in [-0.2, 0) is 9.13 Å². The average molecular weight is 380 g/mol. The minimum atomic E-state index is -4.85. The van der Waals surface area contributed by atoms with E-state index in [4.69, 9.17) is 0 Å². The van der Waals surface area contributed by atoms with E-state index in [1.165, 1.54) is 0 Å². The van der Waals surface area contributed by atoms with Crippen molar-refractivity contribution in [3.63, 3.8) is 0 Å². The zero-order chi connectivity index (χ0) is 18.5. The Hall–Kier alpha value is 0.0800. The first kappa shape index (κ1) is 24.1. The molecule has 0 rings (SSSR count). The van der Waals surface area contributed by atoms with Gasteiger partial charge < -0.3 is 23.8 Å². The van der Waals surface area contributed by atoms with Gasteiger partial charge in [-0.15, -0.1) is 6.58 Å². The van der Waals surface area contributed by atoms with Crippen LogP contribution in [0.4, 0.5) is 0 Å². The second-order valence-corrected chi connectivity index (χ2v) is 11.2. The first-order valence-electron chi connectivity index (χ1n) is 9.19. The van der Waals surface area contributed by atoms with Crippen LogP contribution in [0, 0.1) is 0 Å². The quantitative estimate of drug-likeness (QED) is 0.243. The maximum atomic E-state index is 12.3. The summed E-state index contributed by atoms with van der Waals surface area (Å²) < 4.78 is 23.7. The van der Waals surface area contributed by atoms with Crippen molar-refractivity contribution >= 4 is 15.0 Å². The molecule has 5 nitrogen and oxygen atoms in total. The molecule has 0 aromatic carbocycles. The number of unbranched alkanes of at least 4 members (excludes halogenated alkanes) is 9. The van der Waals surface area contributed by atoms with Crippen LogP contribution in [-0.4, -0.2) is 16.5 Å². The number of allylic oxidation sites excluding steroid dienone is 1. The molecule has 0 aliphatic rings. The highest BCUT2D eigenvalue weighted by Gasteiger charge is 2.29. The molecule has 24 heavy (non-hydrogen) atoms. The average Bonchev–Trinajstić information content (AvgIpc) is 2.48. The Morgan fingerprint density at radius 3 is 2.00 bits per heavy atom. The van der Waals surface area contributed by atoms with Gasteiger partial charge in [0, 0.05) is 7.37 Å². The van der Waals surface area contributed by atoms with Gasteiger partial charge >= 0.3 is 0 Å². The van der Waals surface area contributed by atoms with E-state index in [0.29, 0.717) is 12.8 Å². The van der Waals surface area contributed by atoms with Crippen LogP contribution >= 0.6 is 15.0 Å². The lowest BCUT2D eigenvalue weighted by Crippen LogP contribution is -2.24. The van der Waals surface area contributed by atoms with Gasteiger partial charge in [0.2, 0.25) is 0 Å². The summed E-state index contributed by atoms with van der Waals surface area (Å²) in [6, 6.07) is 0. The van der Waals surface area contributed by atoms with Crippen LogP contribution in [0.5, 0.6) is 0 Å². The fourth-order valence-electron chi connectivity index (χ4n) is 2.81. The maximum absolute atomic E-state index is 12.3. The molecule has 144 valence electrons. The van der Waals surface area contributed by atoms with Crippen molar-refractivity contribution in [1.82, 2.24) is 0 Å². The molecule has 0 amide bonds. The fourth-order valence-corrected chi connectivity index (χ4v) is 6.99. The van der Waals surface area contributed by atoms with Crippen LogP contribution in [0.25, 0.3) is 0 Å². The van der Waals surface area contributed by atoms with Crippen LogP contribution in [0.3, 0.4) is 0 Å². The van der Waals surface area contributed by atoms with E-state index in [1.54, 1.807) is 0 Å². The molecule has 0 aliphatic carbocycles. The minimum Gasteiger partial charge on any atom is -0.799 e. The first-order valence-corrected chi connectivity index (χ1v) is 12.7. The van der Waals surface area contributed by atoms with Crippen molar-refractivity contribution in [2.24, 2.45) is 0 Å². The van der Waals surface area contributed by atoms with E-state index in [-0.39, 0.29) is 12.6 Å². The molecule has 0 aliphatic heterocycles. The molecule has 7 heteroatoms. The summed E-state index contributed by atoms with van der Waals surface area (Å²) >= 11 is 0. The summed E-state index contributed by atoms with van der Waals surface area (Å²) in [7, 11) is -8.97. The van der Waals surface area contributed by atoms with E-state index < -0.39 is 20.4 Å². The second-order valence-electron chi connectivity index (χ2n) is 6.54. The minimum absolute atomic E-state index is 0.00913. The molecule has 3 unspecified atom stereocenters. The molecule has 0 aromatic rings. The summed E-state index contributed by atoms with van der Waals surface area (Å²) in [5.74, 6) is 0. The zero-order valence-electron chi connectivity index (χ0n) is 15.0. The summed E-state index contributed by atoms with van der Waals surface area (Å²) in [6.45, 7) is 5.64. The molecule has 0 saturated heterocycles. The molecule has 0 bridgehead atoms. The van der Waals surface area contributed by atoms with Crippen molar-refractivity contribution in [3.05, 3.63) is 12.7 Å². The van der Waals surface area contributed by atoms with Gasteiger partial charge in [-0.1, -0.05) is 64.4 Å². The number of rotatable bonds is 16. The maximum Gasteiger partial charge on any atom is 0.141 e. The summed E-state index contributed by atoms with van der Waals surface area (Å²) in [4.78, 5) is 33.0. The topological polar surface area (TPSA) is 100 Å². The summed E-state index contributed by atoms with van der Waals surface area (Å²) in [6.07, 6.45) is 11.7. The van der Waals surface area contributed by atoms with Gasteiger partial charge in [-0.25, -0.2) is 0 Å². The molecule has 0 spiro atoms. The van der Waals surface area contributed by atoms with Crippen molar-refractivity contribution in [2.75, 3.05) is 6.16 Å². The van der Waals surface area contributed by atoms with Crippen molar-refractivity contribution in [1.29, 1.82) is 0 Å². The molecule has 0 saturated carbocycles. The van der Waals surface area contributed by atoms with E-state index in [0.717, 1.165) is 57.8 Å². The van der Waals surface area contributed by atoms with Crippen LogP contribution < -0.4 is 9.79 Å². The van der Waals surface area contributed by atoms with E-state index in [1.807, 2.05) is 13.0 Å². The third kappa shape index (κ3) is 11.6. The Balaban J connectivity index is 4.12. The predicted octanol–water partition coefficient (Wildman–Crippen LogP) is 4.38. The zero-order valence-corrected chi connectivity index (χ0v) is 16.8. The van der Waals surface area contributed by atoms with Crippen molar-refractivity contribution in [3.8, 4) is 0 Å². The number of hydrogen-bond acceptors (Lipinski definition) is 4. The third-order valence-electron chi connectivity index (χ3n) is 4.27. The van der Waals surface area contributed by atoms with Crippen LogP contribution in [0.15, 0.2) is 12.7 Å². The SMILES string of the molecule is C=CCCCCCCCCCP(=O)([O-])C(CCCCC)P(=O)([O-])O. The first-order chi connectivity index (χ1) is 11.3. The Labute approximate surface area is 147 Å². The fraction of sp³-hybridized carbons (Fsp3) is 0.882. The highest BCUT2D eigenvalue weighted by atomic mass is 31.2. The van der Waals surface area contributed by atoms with Gasteiger partial charge in [-0.2, -0.15) is 0 Å². The normalized spacial score (nSPS) is 17.8. The second kappa shape index (κ2) is 13.3. The van der Waals surface area contributed by atoms with E-state index >= 15 is 0 Å². The number of hydrogen-bond donors (Lipinski definition) is 1. The largest absolute Gasteiger partial charge is 0.799 e. The Kier molecular flexibility index (Phi) is 13.4. The highest BCUT2D eigenvalue weighted by molar-refractivity contribution is 7.72. The molecule has 0 aromatic heterocycles. The molecule has 0 radical (unpaired) electrons. The third-order valence-corrected chi connectivity index (χ3v) is 9.32. The lowest BCUT2D eigenvalue weighted by Gasteiger charge is -2.38. The van der Waals surface area contributed by atoms with Crippen LogP contribution in [0.1, 0.15) is 84.0 Å². The summed E-state index contributed by atoms with van der Waals surface area (Å²) in [5, 5.41) is -1.60. The lowest BCUT2D eigenvalue weighted by molar-refractivity contribution is -0.199. The smallest absolute Gasteiger partial charge is 0.141 e. The standard InChI is InChI=1S/C17H36O5P2/c1-3-5-7-8-9-10-11-12-14-16-23(18,19)17(24(20,21)22)15-13-6-4-2/h3,17H,1,4-16H2,2H3,(H,18,19)(H2,20,21,22)/p-2. The van der Waals surface area contributed by atoms with Gasteiger partial charge in [0.25, 0.3) is 0 Å². The van der Waals surface area contributed by atoms with E-state index in [9.17, 15) is 23.8 Å².